The third-order valence-electron chi connectivity index (χ3n) is 4.73. The van der Waals surface area contributed by atoms with Gasteiger partial charge in [0.15, 0.2) is 5.16 Å². The smallest absolute Gasteiger partial charge is 0.262 e. The summed E-state index contributed by atoms with van der Waals surface area (Å²) in [4.78, 5) is 33.3. The number of hydrogen-bond donors (Lipinski definition) is 0. The van der Waals surface area contributed by atoms with Gasteiger partial charge in [0.1, 0.15) is 16.4 Å². The number of thiophene rings is 1. The zero-order chi connectivity index (χ0) is 21.3. The Morgan fingerprint density at radius 1 is 1.23 bits per heavy atom. The van der Waals surface area contributed by atoms with Crippen molar-refractivity contribution in [1.29, 1.82) is 0 Å². The molecule has 0 aliphatic rings. The van der Waals surface area contributed by atoms with Crippen LogP contribution < -0.4 is 5.56 Å². The first kappa shape index (κ1) is 20.4. The standard InChI is InChI=1S/C22H21N3O3S2/c1-14-9-10-16(28-14)12-24(2)19(26)13-29-22-23-20-17(21(27)25(22)3)11-18(30-20)15-7-5-4-6-8-15/h4-11H,12-13H2,1-3H3. The molecule has 0 bridgehead atoms. The molecule has 3 heterocycles. The Hall–Kier alpha value is -2.84. The third-order valence-corrected chi connectivity index (χ3v) is 6.82. The number of hydrogen-bond acceptors (Lipinski definition) is 6. The zero-order valence-electron chi connectivity index (χ0n) is 16.9. The van der Waals surface area contributed by atoms with Crippen LogP contribution in [0.1, 0.15) is 11.5 Å². The predicted octanol–water partition coefficient (Wildman–Crippen LogP) is 4.31. The first-order valence-electron chi connectivity index (χ1n) is 9.40. The topological polar surface area (TPSA) is 68.3 Å². The number of aryl methyl sites for hydroxylation is 1. The highest BCUT2D eigenvalue weighted by molar-refractivity contribution is 7.99. The van der Waals surface area contributed by atoms with Crippen molar-refractivity contribution in [2.75, 3.05) is 12.8 Å². The van der Waals surface area contributed by atoms with Gasteiger partial charge < -0.3 is 9.32 Å². The van der Waals surface area contributed by atoms with Crippen LogP contribution in [0, 0.1) is 6.92 Å². The Labute approximate surface area is 182 Å². The average molecular weight is 440 g/mol. The minimum absolute atomic E-state index is 0.0560. The number of amides is 1. The van der Waals surface area contributed by atoms with Crippen LogP contribution in [0.4, 0.5) is 0 Å². The number of nitrogens with zero attached hydrogens (tertiary/aromatic N) is 3. The molecule has 30 heavy (non-hydrogen) atoms. The second kappa shape index (κ2) is 8.49. The summed E-state index contributed by atoms with van der Waals surface area (Å²) in [5.74, 6) is 1.70. The van der Waals surface area contributed by atoms with Crippen LogP contribution in [-0.2, 0) is 18.4 Å². The van der Waals surface area contributed by atoms with E-state index in [9.17, 15) is 9.59 Å². The van der Waals surface area contributed by atoms with Gasteiger partial charge in [-0.3, -0.25) is 14.2 Å². The van der Waals surface area contributed by atoms with Crippen molar-refractivity contribution in [3.63, 3.8) is 0 Å². The lowest BCUT2D eigenvalue weighted by atomic mass is 10.2. The second-order valence-electron chi connectivity index (χ2n) is 7.00. The van der Waals surface area contributed by atoms with Crippen LogP contribution in [0.5, 0.6) is 0 Å². The van der Waals surface area contributed by atoms with Crippen LogP contribution in [0.2, 0.25) is 0 Å². The number of aromatic nitrogens is 2. The Balaban J connectivity index is 1.52. The summed E-state index contributed by atoms with van der Waals surface area (Å²) in [6, 6.07) is 15.6. The molecular formula is C22H21N3O3S2. The van der Waals surface area contributed by atoms with Crippen molar-refractivity contribution in [3.05, 3.63) is 70.4 Å². The maximum atomic E-state index is 12.8. The van der Waals surface area contributed by atoms with E-state index in [1.807, 2.05) is 55.5 Å². The number of carbonyl (C=O) groups excluding carboxylic acids is 1. The molecular weight excluding hydrogens is 418 g/mol. The Morgan fingerprint density at radius 3 is 2.70 bits per heavy atom. The molecule has 0 N–H and O–H groups in total. The summed E-state index contributed by atoms with van der Waals surface area (Å²) >= 11 is 2.76. The van der Waals surface area contributed by atoms with Crippen molar-refractivity contribution < 1.29 is 9.21 Å². The van der Waals surface area contributed by atoms with E-state index in [2.05, 4.69) is 4.98 Å². The van der Waals surface area contributed by atoms with E-state index in [4.69, 9.17) is 4.42 Å². The largest absolute Gasteiger partial charge is 0.464 e. The molecule has 0 aliphatic heterocycles. The van der Waals surface area contributed by atoms with Gasteiger partial charge in [-0.05, 0) is 30.7 Å². The van der Waals surface area contributed by atoms with Gasteiger partial charge >= 0.3 is 0 Å². The van der Waals surface area contributed by atoms with Crippen LogP contribution in [-0.4, -0.2) is 33.2 Å². The Kier molecular flexibility index (Phi) is 5.78. The van der Waals surface area contributed by atoms with Crippen LogP contribution >= 0.6 is 23.1 Å². The van der Waals surface area contributed by atoms with E-state index in [0.717, 1.165) is 22.0 Å². The van der Waals surface area contributed by atoms with Gasteiger partial charge in [0.05, 0.1) is 17.7 Å². The van der Waals surface area contributed by atoms with Crippen LogP contribution in [0.25, 0.3) is 20.7 Å². The number of carbonyl (C=O) groups is 1. The summed E-state index contributed by atoms with van der Waals surface area (Å²) < 4.78 is 7.04. The SMILES string of the molecule is Cc1ccc(CN(C)C(=O)CSc2nc3sc(-c4ccccc4)cc3c(=O)n2C)o1. The number of benzene rings is 1. The molecule has 1 aromatic carbocycles. The highest BCUT2D eigenvalue weighted by Gasteiger charge is 2.16. The fourth-order valence-corrected chi connectivity index (χ4v) is 5.04. The van der Waals surface area contributed by atoms with Gasteiger partial charge in [-0.1, -0.05) is 42.1 Å². The van der Waals surface area contributed by atoms with Gasteiger partial charge in [0.2, 0.25) is 5.91 Å². The van der Waals surface area contributed by atoms with E-state index < -0.39 is 0 Å². The lowest BCUT2D eigenvalue weighted by Crippen LogP contribution is -2.28. The molecule has 8 heteroatoms. The number of rotatable bonds is 6. The molecule has 0 spiro atoms. The molecule has 0 radical (unpaired) electrons. The van der Waals surface area contributed by atoms with E-state index in [-0.39, 0.29) is 17.2 Å². The maximum Gasteiger partial charge on any atom is 0.262 e. The molecule has 4 aromatic rings. The van der Waals surface area contributed by atoms with Crippen molar-refractivity contribution >= 4 is 39.2 Å². The highest BCUT2D eigenvalue weighted by Crippen LogP contribution is 2.32. The fourth-order valence-electron chi connectivity index (χ4n) is 3.05. The molecule has 6 nitrogen and oxygen atoms in total. The minimum atomic E-state index is -0.104. The van der Waals surface area contributed by atoms with Gasteiger partial charge in [0, 0.05) is 19.0 Å². The van der Waals surface area contributed by atoms with Crippen molar-refractivity contribution in [3.8, 4) is 10.4 Å². The maximum absolute atomic E-state index is 12.8. The number of thioether (sulfide) groups is 1. The first-order chi connectivity index (χ1) is 14.4. The summed E-state index contributed by atoms with van der Waals surface area (Å²) in [6.45, 7) is 2.28. The number of furan rings is 1. The molecule has 0 saturated carbocycles. The van der Waals surface area contributed by atoms with Gasteiger partial charge in [-0.25, -0.2) is 4.98 Å². The van der Waals surface area contributed by atoms with Crippen LogP contribution in [0.15, 0.2) is 62.9 Å². The van der Waals surface area contributed by atoms with Crippen LogP contribution in [0.3, 0.4) is 0 Å². The Morgan fingerprint density at radius 2 is 2.00 bits per heavy atom. The normalized spacial score (nSPS) is 11.2. The summed E-state index contributed by atoms with van der Waals surface area (Å²) in [5, 5.41) is 1.13. The number of fused-ring (bicyclic) bond motifs is 1. The van der Waals surface area contributed by atoms with E-state index in [1.54, 1.807) is 19.0 Å². The molecule has 0 fully saturated rings. The minimum Gasteiger partial charge on any atom is -0.464 e. The lowest BCUT2D eigenvalue weighted by molar-refractivity contribution is -0.127. The third kappa shape index (κ3) is 4.20. The predicted molar refractivity (Wildman–Crippen MR) is 121 cm³/mol. The van der Waals surface area contributed by atoms with E-state index in [1.165, 1.54) is 27.7 Å². The molecule has 4 rings (SSSR count). The fraction of sp³-hybridized carbons (Fsp3) is 0.227. The molecule has 154 valence electrons. The first-order valence-corrected chi connectivity index (χ1v) is 11.2. The van der Waals surface area contributed by atoms with Crippen molar-refractivity contribution in [1.82, 2.24) is 14.5 Å². The summed E-state index contributed by atoms with van der Waals surface area (Å²) in [6.07, 6.45) is 0. The molecule has 1 amide bonds. The monoisotopic (exact) mass is 439 g/mol. The van der Waals surface area contributed by atoms with Crippen molar-refractivity contribution in [2.24, 2.45) is 7.05 Å². The quantitative estimate of drug-likeness (QED) is 0.331. The van der Waals surface area contributed by atoms with E-state index in [0.29, 0.717) is 21.9 Å². The Bertz CT molecular complexity index is 1260. The molecule has 0 aliphatic carbocycles. The lowest BCUT2D eigenvalue weighted by Gasteiger charge is -2.15. The highest BCUT2D eigenvalue weighted by atomic mass is 32.2. The van der Waals surface area contributed by atoms with Gasteiger partial charge in [-0.15, -0.1) is 11.3 Å². The van der Waals surface area contributed by atoms with Gasteiger partial charge in [-0.2, -0.15) is 0 Å². The zero-order valence-corrected chi connectivity index (χ0v) is 18.5. The second-order valence-corrected chi connectivity index (χ2v) is 8.98. The van der Waals surface area contributed by atoms with E-state index >= 15 is 0 Å². The van der Waals surface area contributed by atoms with Crippen molar-refractivity contribution in [2.45, 2.75) is 18.6 Å². The molecule has 0 atom stereocenters. The molecule has 0 unspecified atom stereocenters. The summed E-state index contributed by atoms with van der Waals surface area (Å²) in [7, 11) is 3.43. The summed E-state index contributed by atoms with van der Waals surface area (Å²) in [5.41, 5.74) is 0.953. The van der Waals surface area contributed by atoms with Gasteiger partial charge in [0.25, 0.3) is 5.56 Å². The molecule has 3 aromatic heterocycles. The average Bonchev–Trinajstić information content (AvgIpc) is 3.36. The molecule has 0 saturated heterocycles.